The van der Waals surface area contributed by atoms with Crippen LogP contribution in [0.2, 0.25) is 0 Å². The van der Waals surface area contributed by atoms with E-state index >= 15 is 0 Å². The molecular formula is C16H20O6. The van der Waals surface area contributed by atoms with Crippen molar-refractivity contribution in [3.8, 4) is 11.5 Å². The number of fused-ring (bicyclic) bond motifs is 1. The number of benzene rings is 1. The molecule has 0 spiro atoms. The van der Waals surface area contributed by atoms with E-state index in [4.69, 9.17) is 14.2 Å². The van der Waals surface area contributed by atoms with Gasteiger partial charge >= 0.3 is 5.97 Å². The van der Waals surface area contributed by atoms with E-state index in [1.54, 1.807) is 26.8 Å². The highest BCUT2D eigenvalue weighted by Gasteiger charge is 2.52. The number of hydrogen-bond donors (Lipinski definition) is 1. The Morgan fingerprint density at radius 1 is 1.18 bits per heavy atom. The summed E-state index contributed by atoms with van der Waals surface area (Å²) < 4.78 is 15.5. The minimum Gasteiger partial charge on any atom is -0.493 e. The molecule has 0 amide bonds. The Bertz CT molecular complexity index is 628. The maximum absolute atomic E-state index is 12.5. The van der Waals surface area contributed by atoms with Crippen molar-refractivity contribution in [2.75, 3.05) is 14.2 Å². The zero-order valence-corrected chi connectivity index (χ0v) is 13.4. The first-order valence-electron chi connectivity index (χ1n) is 6.88. The van der Waals surface area contributed by atoms with Crippen molar-refractivity contribution >= 4 is 11.8 Å². The molecule has 0 bridgehead atoms. The van der Waals surface area contributed by atoms with Crippen LogP contribution >= 0.6 is 0 Å². The van der Waals surface area contributed by atoms with E-state index in [0.29, 0.717) is 17.1 Å². The normalized spacial score (nSPS) is 20.5. The van der Waals surface area contributed by atoms with Gasteiger partial charge in [-0.25, -0.2) is 4.79 Å². The van der Waals surface area contributed by atoms with Gasteiger partial charge in [-0.1, -0.05) is 0 Å². The van der Waals surface area contributed by atoms with Crippen LogP contribution in [0.15, 0.2) is 12.1 Å². The second-order valence-corrected chi connectivity index (χ2v) is 6.23. The van der Waals surface area contributed by atoms with E-state index in [9.17, 15) is 14.7 Å². The molecule has 0 aliphatic heterocycles. The van der Waals surface area contributed by atoms with Crippen LogP contribution in [-0.2, 0) is 16.0 Å². The molecule has 0 fully saturated rings. The highest BCUT2D eigenvalue weighted by Crippen LogP contribution is 2.39. The molecular weight excluding hydrogens is 288 g/mol. The number of methoxy groups -OCH3 is 2. The highest BCUT2D eigenvalue weighted by molar-refractivity contribution is 6.19. The molecule has 0 radical (unpaired) electrons. The average molecular weight is 308 g/mol. The molecule has 0 saturated heterocycles. The van der Waals surface area contributed by atoms with E-state index < -0.39 is 23.0 Å². The van der Waals surface area contributed by atoms with E-state index in [0.717, 1.165) is 0 Å². The number of aliphatic hydroxyl groups is 1. The summed E-state index contributed by atoms with van der Waals surface area (Å²) in [5.41, 5.74) is -2.23. The van der Waals surface area contributed by atoms with Crippen LogP contribution in [0.25, 0.3) is 0 Å². The van der Waals surface area contributed by atoms with Crippen LogP contribution in [0.4, 0.5) is 0 Å². The fourth-order valence-corrected chi connectivity index (χ4v) is 2.38. The fourth-order valence-electron chi connectivity index (χ4n) is 2.38. The first-order valence-corrected chi connectivity index (χ1v) is 6.88. The fraction of sp³-hybridized carbons (Fsp3) is 0.500. The van der Waals surface area contributed by atoms with Crippen molar-refractivity contribution in [1.82, 2.24) is 0 Å². The van der Waals surface area contributed by atoms with Crippen LogP contribution in [0.3, 0.4) is 0 Å². The number of ketones is 1. The summed E-state index contributed by atoms with van der Waals surface area (Å²) in [5.74, 6) is -0.831. The molecule has 0 heterocycles. The maximum Gasteiger partial charge on any atom is 0.347 e. The number of carbonyl (C=O) groups is 2. The van der Waals surface area contributed by atoms with Crippen LogP contribution in [-0.4, -0.2) is 42.3 Å². The largest absolute Gasteiger partial charge is 0.493 e. The van der Waals surface area contributed by atoms with Gasteiger partial charge < -0.3 is 19.3 Å². The molecule has 2 rings (SSSR count). The Hall–Kier alpha value is -2.08. The van der Waals surface area contributed by atoms with E-state index in [1.807, 2.05) is 0 Å². The van der Waals surface area contributed by atoms with E-state index in [-0.39, 0.29) is 12.0 Å². The third kappa shape index (κ3) is 2.66. The van der Waals surface area contributed by atoms with Crippen LogP contribution in [0, 0.1) is 0 Å². The summed E-state index contributed by atoms with van der Waals surface area (Å²) in [6, 6.07) is 3.06. The molecule has 1 N–H and O–H groups in total. The van der Waals surface area contributed by atoms with Gasteiger partial charge in [0.2, 0.25) is 11.4 Å². The zero-order chi connectivity index (χ0) is 16.7. The summed E-state index contributed by atoms with van der Waals surface area (Å²) in [6.45, 7) is 5.02. The minimum absolute atomic E-state index is 0.142. The predicted molar refractivity (Wildman–Crippen MR) is 78.4 cm³/mol. The monoisotopic (exact) mass is 308 g/mol. The molecule has 6 nitrogen and oxygen atoms in total. The molecule has 0 saturated carbocycles. The number of hydrogen-bond acceptors (Lipinski definition) is 6. The minimum atomic E-state index is -2.20. The number of esters is 1. The molecule has 1 aliphatic rings. The molecule has 120 valence electrons. The second kappa shape index (κ2) is 5.28. The van der Waals surface area contributed by atoms with Crippen molar-refractivity contribution in [3.05, 3.63) is 23.3 Å². The van der Waals surface area contributed by atoms with Crippen LogP contribution < -0.4 is 9.47 Å². The van der Waals surface area contributed by atoms with Gasteiger partial charge in [0.25, 0.3) is 0 Å². The first-order chi connectivity index (χ1) is 10.1. The smallest absolute Gasteiger partial charge is 0.347 e. The Kier molecular flexibility index (Phi) is 3.91. The van der Waals surface area contributed by atoms with Crippen LogP contribution in [0.5, 0.6) is 11.5 Å². The third-order valence-electron chi connectivity index (χ3n) is 3.41. The van der Waals surface area contributed by atoms with Gasteiger partial charge in [0.05, 0.1) is 14.2 Å². The lowest BCUT2D eigenvalue weighted by Crippen LogP contribution is -2.48. The van der Waals surface area contributed by atoms with E-state index in [1.165, 1.54) is 20.3 Å². The topological polar surface area (TPSA) is 82.1 Å². The van der Waals surface area contributed by atoms with Gasteiger partial charge in [-0.15, -0.1) is 0 Å². The van der Waals surface area contributed by atoms with Gasteiger partial charge in [0.15, 0.2) is 11.5 Å². The van der Waals surface area contributed by atoms with Gasteiger partial charge in [0, 0.05) is 12.0 Å². The van der Waals surface area contributed by atoms with Crippen molar-refractivity contribution in [3.63, 3.8) is 0 Å². The molecule has 1 aromatic carbocycles. The highest BCUT2D eigenvalue weighted by atomic mass is 16.6. The molecule has 1 atom stereocenters. The molecule has 1 aliphatic carbocycles. The number of ether oxygens (including phenoxy) is 3. The molecule has 1 unspecified atom stereocenters. The van der Waals surface area contributed by atoms with Gasteiger partial charge in [0.1, 0.15) is 5.60 Å². The molecule has 22 heavy (non-hydrogen) atoms. The number of Topliss-reactive ketones (excluding diaryl/α,β-unsaturated/α-hetero) is 1. The van der Waals surface area contributed by atoms with E-state index in [2.05, 4.69) is 0 Å². The zero-order valence-electron chi connectivity index (χ0n) is 13.4. The maximum atomic E-state index is 12.5. The number of rotatable bonds is 3. The predicted octanol–water partition coefficient (Wildman–Crippen LogP) is 1.52. The SMILES string of the molecule is COc1cc2c(cc1OC)C(=O)C(O)(C(=O)OC(C)(C)C)C2. The Labute approximate surface area is 129 Å². The average Bonchev–Trinajstić information content (AvgIpc) is 2.68. The second-order valence-electron chi connectivity index (χ2n) is 6.23. The first kappa shape index (κ1) is 16.3. The Balaban J connectivity index is 2.41. The van der Waals surface area contributed by atoms with Gasteiger partial charge in [-0.05, 0) is 38.5 Å². The summed E-state index contributed by atoms with van der Waals surface area (Å²) in [6.07, 6.45) is -0.142. The molecule has 1 aromatic rings. The summed E-state index contributed by atoms with van der Waals surface area (Å²) in [7, 11) is 2.92. The standard InChI is InChI=1S/C16H20O6/c1-15(2,3)22-14(18)16(19)8-9-6-11(20-4)12(21-5)7-10(9)13(16)17/h6-7,19H,8H2,1-5H3. The van der Waals surface area contributed by atoms with Crippen molar-refractivity contribution in [2.24, 2.45) is 0 Å². The lowest BCUT2D eigenvalue weighted by molar-refractivity contribution is -0.171. The Morgan fingerprint density at radius 3 is 2.23 bits per heavy atom. The lowest BCUT2D eigenvalue weighted by atomic mass is 9.99. The summed E-state index contributed by atoms with van der Waals surface area (Å²) in [4.78, 5) is 24.7. The molecule has 6 heteroatoms. The van der Waals surface area contributed by atoms with Crippen molar-refractivity contribution in [2.45, 2.75) is 38.4 Å². The summed E-state index contributed by atoms with van der Waals surface area (Å²) in [5, 5.41) is 10.5. The summed E-state index contributed by atoms with van der Waals surface area (Å²) >= 11 is 0. The number of carbonyl (C=O) groups excluding carboxylic acids is 2. The van der Waals surface area contributed by atoms with Crippen molar-refractivity contribution in [1.29, 1.82) is 0 Å². The Morgan fingerprint density at radius 2 is 1.73 bits per heavy atom. The van der Waals surface area contributed by atoms with Gasteiger partial charge in [-0.2, -0.15) is 0 Å². The van der Waals surface area contributed by atoms with Gasteiger partial charge in [-0.3, -0.25) is 4.79 Å². The lowest BCUT2D eigenvalue weighted by Gasteiger charge is -2.25. The quantitative estimate of drug-likeness (QED) is 0.673. The molecule has 0 aromatic heterocycles. The third-order valence-corrected chi connectivity index (χ3v) is 3.41. The van der Waals surface area contributed by atoms with Crippen molar-refractivity contribution < 1.29 is 28.9 Å². The van der Waals surface area contributed by atoms with Crippen LogP contribution in [0.1, 0.15) is 36.7 Å².